The third-order valence-electron chi connectivity index (χ3n) is 5.60. The molecular weight excluding hydrogens is 482 g/mol. The van der Waals surface area contributed by atoms with Crippen LogP contribution < -0.4 is 19.5 Å². The minimum Gasteiger partial charge on any atom is -0.493 e. The van der Waals surface area contributed by atoms with Crippen molar-refractivity contribution in [3.8, 4) is 17.2 Å². The van der Waals surface area contributed by atoms with Crippen molar-refractivity contribution in [2.75, 3.05) is 27.4 Å². The van der Waals surface area contributed by atoms with Crippen LogP contribution in [0, 0.1) is 5.92 Å². The molecule has 2 aromatic rings. The monoisotopic (exact) mass is 515 g/mol. The number of Topliss-reactive ketones (excluding diaryl/α,β-unsaturated/α-hetero) is 1. The predicted octanol–water partition coefficient (Wildman–Crippen LogP) is 3.10. The highest BCUT2D eigenvalue weighted by Gasteiger charge is 2.57. The maximum atomic E-state index is 13.9. The van der Waals surface area contributed by atoms with E-state index in [4.69, 9.17) is 23.7 Å². The normalized spacial score (nSPS) is 11.6. The van der Waals surface area contributed by atoms with Gasteiger partial charge < -0.3 is 29.0 Å². The third kappa shape index (κ3) is 6.38. The van der Waals surface area contributed by atoms with Gasteiger partial charge in [-0.2, -0.15) is 0 Å². The molecule has 0 aromatic heterocycles. The van der Waals surface area contributed by atoms with E-state index in [-0.39, 0.29) is 36.9 Å². The zero-order chi connectivity index (χ0) is 27.6. The molecule has 2 rings (SSSR count). The Morgan fingerprint density at radius 1 is 0.865 bits per heavy atom. The molecule has 10 heteroatoms. The van der Waals surface area contributed by atoms with Gasteiger partial charge in [-0.3, -0.25) is 9.59 Å². The van der Waals surface area contributed by atoms with E-state index < -0.39 is 35.1 Å². The fraction of sp³-hybridized carbons (Fsp3) is 0.407. The predicted molar refractivity (Wildman–Crippen MR) is 134 cm³/mol. The summed E-state index contributed by atoms with van der Waals surface area (Å²) in [6.45, 7) is 5.44. The maximum absolute atomic E-state index is 13.9. The number of hydrogen-bond acceptors (Lipinski definition) is 9. The van der Waals surface area contributed by atoms with Gasteiger partial charge in [0.25, 0.3) is 0 Å². The number of hydrogen-bond donors (Lipinski definition) is 1. The second-order valence-electron chi connectivity index (χ2n) is 7.97. The topological polar surface area (TPSA) is 126 Å². The summed E-state index contributed by atoms with van der Waals surface area (Å²) in [6, 6.07) is 12.2. The third-order valence-corrected chi connectivity index (χ3v) is 5.60. The van der Waals surface area contributed by atoms with E-state index in [1.165, 1.54) is 47.1 Å². The van der Waals surface area contributed by atoms with Gasteiger partial charge in [0.15, 0.2) is 17.3 Å². The van der Waals surface area contributed by atoms with Crippen LogP contribution in [0.15, 0.2) is 42.5 Å². The summed E-state index contributed by atoms with van der Waals surface area (Å²) in [6.07, 6.45) is 0. The highest BCUT2D eigenvalue weighted by molar-refractivity contribution is 6.15. The maximum Gasteiger partial charge on any atom is 0.344 e. The molecule has 0 saturated heterocycles. The molecule has 0 aliphatic heterocycles. The van der Waals surface area contributed by atoms with Gasteiger partial charge in [0.1, 0.15) is 6.61 Å². The summed E-state index contributed by atoms with van der Waals surface area (Å²) in [4.78, 5) is 52.4. The lowest BCUT2D eigenvalue weighted by Gasteiger charge is -2.34. The SMILES string of the molecule is CCOC(=O)C(NC(C)=O)(C(=O)OCC)[C@@H](C)C(=O)c1ccc(OC)c(OC)c1OCc1ccccc1. The Morgan fingerprint density at radius 3 is 1.95 bits per heavy atom. The van der Waals surface area contributed by atoms with Crippen LogP contribution in [0.4, 0.5) is 0 Å². The highest BCUT2D eigenvalue weighted by Crippen LogP contribution is 2.42. The van der Waals surface area contributed by atoms with E-state index in [9.17, 15) is 19.2 Å². The Hall–Kier alpha value is -4.08. The van der Waals surface area contributed by atoms with Gasteiger partial charge in [-0.05, 0) is 31.5 Å². The molecule has 2 aromatic carbocycles. The van der Waals surface area contributed by atoms with Crippen molar-refractivity contribution in [3.05, 3.63) is 53.6 Å². The van der Waals surface area contributed by atoms with Crippen molar-refractivity contribution in [2.24, 2.45) is 5.92 Å². The van der Waals surface area contributed by atoms with Gasteiger partial charge >= 0.3 is 11.9 Å². The molecule has 200 valence electrons. The molecule has 1 amide bonds. The molecule has 0 radical (unpaired) electrons. The lowest BCUT2D eigenvalue weighted by molar-refractivity contribution is -0.170. The fourth-order valence-electron chi connectivity index (χ4n) is 3.81. The molecule has 0 unspecified atom stereocenters. The number of carbonyl (C=O) groups excluding carboxylic acids is 4. The van der Waals surface area contributed by atoms with E-state index in [0.717, 1.165) is 12.5 Å². The molecule has 1 atom stereocenters. The Labute approximate surface area is 216 Å². The van der Waals surface area contributed by atoms with Crippen LogP contribution in [0.25, 0.3) is 0 Å². The summed E-state index contributed by atoms with van der Waals surface area (Å²) in [7, 11) is 2.83. The number of ketones is 1. The van der Waals surface area contributed by atoms with E-state index in [1.54, 1.807) is 0 Å². The first-order chi connectivity index (χ1) is 17.7. The molecule has 0 fully saturated rings. The number of ether oxygens (including phenoxy) is 5. The number of nitrogens with one attached hydrogen (secondary N) is 1. The Bertz CT molecular complexity index is 1100. The van der Waals surface area contributed by atoms with E-state index in [0.29, 0.717) is 5.75 Å². The number of carbonyl (C=O) groups is 4. The molecule has 10 nitrogen and oxygen atoms in total. The first-order valence-corrected chi connectivity index (χ1v) is 11.8. The van der Waals surface area contributed by atoms with Crippen LogP contribution in [-0.2, 0) is 30.5 Å². The average molecular weight is 516 g/mol. The van der Waals surface area contributed by atoms with Crippen molar-refractivity contribution in [1.82, 2.24) is 5.32 Å². The summed E-state index contributed by atoms with van der Waals surface area (Å²) in [5.74, 6) is -4.60. The van der Waals surface area contributed by atoms with E-state index in [2.05, 4.69) is 5.32 Å². The molecule has 1 N–H and O–H groups in total. The number of amides is 1. The summed E-state index contributed by atoms with van der Waals surface area (Å²) in [5, 5.41) is 2.34. The van der Waals surface area contributed by atoms with Gasteiger partial charge in [0.2, 0.25) is 17.2 Å². The number of rotatable bonds is 13. The first-order valence-electron chi connectivity index (χ1n) is 11.8. The summed E-state index contributed by atoms with van der Waals surface area (Å²) < 4.78 is 27.1. The second-order valence-corrected chi connectivity index (χ2v) is 7.97. The minimum atomic E-state index is -2.43. The molecule has 0 aliphatic rings. The van der Waals surface area contributed by atoms with Crippen molar-refractivity contribution in [2.45, 2.75) is 39.8 Å². The number of benzene rings is 2. The van der Waals surface area contributed by atoms with Crippen molar-refractivity contribution >= 4 is 23.6 Å². The smallest absolute Gasteiger partial charge is 0.344 e. The van der Waals surface area contributed by atoms with Crippen LogP contribution in [0.2, 0.25) is 0 Å². The van der Waals surface area contributed by atoms with Gasteiger partial charge in [0.05, 0.1) is 38.9 Å². The molecule has 0 heterocycles. The zero-order valence-corrected chi connectivity index (χ0v) is 21.9. The Kier molecular flexibility index (Phi) is 10.5. The fourth-order valence-corrected chi connectivity index (χ4v) is 3.81. The van der Waals surface area contributed by atoms with Crippen molar-refractivity contribution < 1.29 is 42.9 Å². The van der Waals surface area contributed by atoms with Crippen LogP contribution in [0.3, 0.4) is 0 Å². The van der Waals surface area contributed by atoms with Crippen LogP contribution in [0.1, 0.15) is 43.6 Å². The Balaban J connectivity index is 2.67. The lowest BCUT2D eigenvalue weighted by atomic mass is 9.79. The van der Waals surface area contributed by atoms with Crippen LogP contribution in [-0.4, -0.2) is 56.6 Å². The lowest BCUT2D eigenvalue weighted by Crippen LogP contribution is -2.66. The van der Waals surface area contributed by atoms with Crippen LogP contribution in [0.5, 0.6) is 17.2 Å². The van der Waals surface area contributed by atoms with Gasteiger partial charge in [0, 0.05) is 6.92 Å². The number of esters is 2. The van der Waals surface area contributed by atoms with E-state index >= 15 is 0 Å². The minimum absolute atomic E-state index is 0.00408. The molecule has 0 spiro atoms. The van der Waals surface area contributed by atoms with Crippen molar-refractivity contribution in [1.29, 1.82) is 0 Å². The summed E-state index contributed by atoms with van der Waals surface area (Å²) >= 11 is 0. The standard InChI is InChI=1S/C27H33NO9/c1-7-35-25(31)27(28-18(4)29,26(32)36-8-2)17(3)22(30)20-14-15-21(33-5)24(34-6)23(20)37-16-19-12-10-9-11-13-19/h9-15,17H,7-8,16H2,1-6H3,(H,28,29)/t17-/m0/s1. The molecule has 0 bridgehead atoms. The van der Waals surface area contributed by atoms with Gasteiger partial charge in [-0.1, -0.05) is 37.3 Å². The number of methoxy groups -OCH3 is 2. The van der Waals surface area contributed by atoms with E-state index in [1.807, 2.05) is 30.3 Å². The molecular formula is C27H33NO9. The second kappa shape index (κ2) is 13.3. The zero-order valence-electron chi connectivity index (χ0n) is 21.9. The largest absolute Gasteiger partial charge is 0.493 e. The van der Waals surface area contributed by atoms with Gasteiger partial charge in [-0.15, -0.1) is 0 Å². The Morgan fingerprint density at radius 2 is 1.46 bits per heavy atom. The quantitative estimate of drug-likeness (QED) is 0.243. The molecule has 0 aliphatic carbocycles. The highest BCUT2D eigenvalue weighted by atomic mass is 16.6. The van der Waals surface area contributed by atoms with Crippen LogP contribution >= 0.6 is 0 Å². The average Bonchev–Trinajstić information content (AvgIpc) is 2.89. The molecule has 37 heavy (non-hydrogen) atoms. The first kappa shape index (κ1) is 29.2. The van der Waals surface area contributed by atoms with Gasteiger partial charge in [-0.25, -0.2) is 9.59 Å². The summed E-state index contributed by atoms with van der Waals surface area (Å²) in [5.41, 5.74) is -1.60. The van der Waals surface area contributed by atoms with Crippen molar-refractivity contribution in [3.63, 3.8) is 0 Å². The molecule has 0 saturated carbocycles.